The number of nitrogens with zero attached hydrogens (tertiary/aromatic N) is 1. The fourth-order valence-corrected chi connectivity index (χ4v) is 7.90. The summed E-state index contributed by atoms with van der Waals surface area (Å²) in [6.07, 6.45) is -0.131. The molecule has 0 aliphatic carbocycles. The van der Waals surface area contributed by atoms with Gasteiger partial charge in [0.1, 0.15) is 16.7 Å². The summed E-state index contributed by atoms with van der Waals surface area (Å²) in [6.45, 7) is 12.0. The van der Waals surface area contributed by atoms with Crippen LogP contribution in [-0.4, -0.2) is 60.7 Å². The standard InChI is InChI=1S/C20H35BrN2O4SSi/c1-14(2)13-29(6)26-12-16(4)23-11-15(3)19(10-22-5)27-18-9-17(21)7-8-20(18)28(23,24)25/h7-9,14-16,19,22,29H,10-13H2,1-6H3. The number of likely N-dealkylation sites (N-methyl/N-ethyl adjacent to an activating group) is 1. The zero-order valence-electron chi connectivity index (χ0n) is 18.3. The Morgan fingerprint density at radius 3 is 2.69 bits per heavy atom. The van der Waals surface area contributed by atoms with Crippen LogP contribution >= 0.6 is 15.9 Å². The van der Waals surface area contributed by atoms with E-state index in [9.17, 15) is 8.42 Å². The van der Waals surface area contributed by atoms with E-state index in [0.29, 0.717) is 31.4 Å². The molecule has 9 heteroatoms. The second kappa shape index (κ2) is 10.7. The first-order valence-corrected chi connectivity index (χ1v) is 15.0. The average molecular weight is 508 g/mol. The fraction of sp³-hybridized carbons (Fsp3) is 0.700. The lowest BCUT2D eigenvalue weighted by atomic mass is 10.0. The van der Waals surface area contributed by atoms with Gasteiger partial charge in [-0.15, -0.1) is 0 Å². The van der Waals surface area contributed by atoms with E-state index in [0.717, 1.165) is 10.5 Å². The molecule has 0 amide bonds. The number of hydrogen-bond acceptors (Lipinski definition) is 5. The molecular weight excluding hydrogens is 472 g/mol. The molecule has 0 bridgehead atoms. The zero-order valence-corrected chi connectivity index (χ0v) is 21.9. The maximum Gasteiger partial charge on any atom is 0.247 e. The minimum atomic E-state index is -3.70. The maximum atomic E-state index is 13.5. The van der Waals surface area contributed by atoms with Crippen LogP contribution in [0.25, 0.3) is 0 Å². The van der Waals surface area contributed by atoms with E-state index in [1.165, 1.54) is 0 Å². The largest absolute Gasteiger partial charge is 0.487 e. The molecule has 0 saturated carbocycles. The third kappa shape index (κ3) is 6.51. The van der Waals surface area contributed by atoms with Crippen molar-refractivity contribution in [1.82, 2.24) is 9.62 Å². The summed E-state index contributed by atoms with van der Waals surface area (Å²) in [4.78, 5) is 0.216. The van der Waals surface area contributed by atoms with Gasteiger partial charge in [-0.1, -0.05) is 36.7 Å². The average Bonchev–Trinajstić information content (AvgIpc) is 2.62. The Morgan fingerprint density at radius 2 is 2.07 bits per heavy atom. The molecule has 1 aliphatic rings. The van der Waals surface area contributed by atoms with Crippen molar-refractivity contribution in [2.75, 3.05) is 26.7 Å². The van der Waals surface area contributed by atoms with Crippen molar-refractivity contribution < 1.29 is 17.6 Å². The van der Waals surface area contributed by atoms with Crippen LogP contribution in [0.15, 0.2) is 27.6 Å². The number of benzene rings is 1. The number of rotatable bonds is 8. The normalized spacial score (nSPS) is 24.3. The summed E-state index contributed by atoms with van der Waals surface area (Å²) in [6, 6.07) is 5.96. The molecule has 1 N–H and O–H groups in total. The van der Waals surface area contributed by atoms with Crippen LogP contribution in [0.4, 0.5) is 0 Å². The third-order valence-corrected chi connectivity index (χ3v) is 10.1. The van der Waals surface area contributed by atoms with Crippen LogP contribution in [0.1, 0.15) is 27.7 Å². The lowest BCUT2D eigenvalue weighted by molar-refractivity contribution is 0.105. The molecule has 0 spiro atoms. The highest BCUT2D eigenvalue weighted by Gasteiger charge is 2.37. The van der Waals surface area contributed by atoms with E-state index >= 15 is 0 Å². The van der Waals surface area contributed by atoms with Crippen molar-refractivity contribution in [3.8, 4) is 5.75 Å². The summed E-state index contributed by atoms with van der Waals surface area (Å²) in [5.74, 6) is 1.02. The Labute approximate surface area is 186 Å². The molecule has 0 aromatic heterocycles. The summed E-state index contributed by atoms with van der Waals surface area (Å²) in [5, 5.41) is 3.16. The first-order valence-electron chi connectivity index (χ1n) is 10.3. The van der Waals surface area contributed by atoms with Gasteiger partial charge in [-0.3, -0.25) is 0 Å². The van der Waals surface area contributed by atoms with Crippen LogP contribution in [0.5, 0.6) is 5.75 Å². The van der Waals surface area contributed by atoms with Crippen molar-refractivity contribution in [1.29, 1.82) is 0 Å². The maximum absolute atomic E-state index is 13.5. The SMILES string of the molecule is CNCC1Oc2cc(Br)ccc2S(=O)(=O)N(C(C)CO[SiH](C)CC(C)C)CC1C. The second-order valence-corrected chi connectivity index (χ2v) is 13.7. The van der Waals surface area contributed by atoms with Gasteiger partial charge in [0.15, 0.2) is 9.04 Å². The number of halogens is 1. The number of ether oxygens (including phenoxy) is 1. The highest BCUT2D eigenvalue weighted by atomic mass is 79.9. The number of sulfonamides is 1. The van der Waals surface area contributed by atoms with Crippen LogP contribution in [0.3, 0.4) is 0 Å². The third-order valence-electron chi connectivity index (χ3n) is 5.20. The Morgan fingerprint density at radius 1 is 1.38 bits per heavy atom. The van der Waals surface area contributed by atoms with E-state index in [2.05, 4.69) is 41.6 Å². The van der Waals surface area contributed by atoms with E-state index in [-0.39, 0.29) is 23.0 Å². The first-order chi connectivity index (χ1) is 13.6. The molecule has 0 radical (unpaired) electrons. The minimum absolute atomic E-state index is 0.0251. The molecular formula is C20H35BrN2O4SSi. The van der Waals surface area contributed by atoms with Crippen LogP contribution in [-0.2, 0) is 14.4 Å². The van der Waals surface area contributed by atoms with Gasteiger partial charge in [-0.2, -0.15) is 4.31 Å². The lowest BCUT2D eigenvalue weighted by Gasteiger charge is -2.37. The number of nitrogens with one attached hydrogen (secondary N) is 1. The summed E-state index contributed by atoms with van der Waals surface area (Å²) >= 11 is 3.43. The Kier molecular flexibility index (Phi) is 9.18. The molecule has 2 rings (SSSR count). The number of hydrogen-bond donors (Lipinski definition) is 1. The highest BCUT2D eigenvalue weighted by Crippen LogP contribution is 2.35. The smallest absolute Gasteiger partial charge is 0.247 e. The minimum Gasteiger partial charge on any atom is -0.487 e. The van der Waals surface area contributed by atoms with Gasteiger partial charge in [0.05, 0.1) is 0 Å². The van der Waals surface area contributed by atoms with Gasteiger partial charge >= 0.3 is 0 Å². The molecule has 1 aromatic carbocycles. The Balaban J connectivity index is 2.34. The van der Waals surface area contributed by atoms with E-state index in [1.807, 2.05) is 20.9 Å². The molecule has 29 heavy (non-hydrogen) atoms. The monoisotopic (exact) mass is 506 g/mol. The van der Waals surface area contributed by atoms with Crippen molar-refractivity contribution in [2.24, 2.45) is 11.8 Å². The Bertz CT molecular complexity index is 778. The molecule has 0 fully saturated rings. The number of fused-ring (bicyclic) bond motifs is 1. The van der Waals surface area contributed by atoms with Crippen molar-refractivity contribution in [3.63, 3.8) is 0 Å². The van der Waals surface area contributed by atoms with Gasteiger partial charge in [0, 0.05) is 36.1 Å². The molecule has 4 atom stereocenters. The van der Waals surface area contributed by atoms with Crippen LogP contribution in [0, 0.1) is 11.8 Å². The van der Waals surface area contributed by atoms with Gasteiger partial charge in [-0.05, 0) is 50.7 Å². The predicted octanol–water partition coefficient (Wildman–Crippen LogP) is 3.47. The van der Waals surface area contributed by atoms with Crippen molar-refractivity contribution >= 4 is 35.0 Å². The van der Waals surface area contributed by atoms with E-state index < -0.39 is 19.1 Å². The summed E-state index contributed by atoms with van der Waals surface area (Å²) < 4.78 is 41.7. The summed E-state index contributed by atoms with van der Waals surface area (Å²) in [7, 11) is -3.13. The zero-order chi connectivity index (χ0) is 21.8. The first kappa shape index (κ1) is 24.8. The second-order valence-electron chi connectivity index (χ2n) is 8.48. The van der Waals surface area contributed by atoms with Crippen molar-refractivity contribution in [3.05, 3.63) is 22.7 Å². The molecule has 166 valence electrons. The van der Waals surface area contributed by atoms with Gasteiger partial charge in [0.25, 0.3) is 0 Å². The molecule has 1 aliphatic heterocycles. The summed E-state index contributed by atoms with van der Waals surface area (Å²) in [5.41, 5.74) is 0. The van der Waals surface area contributed by atoms with Gasteiger partial charge in [0.2, 0.25) is 10.0 Å². The topological polar surface area (TPSA) is 67.9 Å². The van der Waals surface area contributed by atoms with E-state index in [1.54, 1.807) is 22.5 Å². The van der Waals surface area contributed by atoms with Crippen LogP contribution in [0.2, 0.25) is 12.6 Å². The fourth-order valence-electron chi connectivity index (χ4n) is 3.67. The molecule has 0 saturated heterocycles. The highest BCUT2D eigenvalue weighted by molar-refractivity contribution is 9.10. The van der Waals surface area contributed by atoms with Gasteiger partial charge in [-0.25, -0.2) is 8.42 Å². The lowest BCUT2D eigenvalue weighted by Crippen LogP contribution is -2.49. The molecule has 4 unspecified atom stereocenters. The van der Waals surface area contributed by atoms with Crippen LogP contribution < -0.4 is 10.1 Å². The van der Waals surface area contributed by atoms with Gasteiger partial charge < -0.3 is 14.5 Å². The quantitative estimate of drug-likeness (QED) is 0.546. The predicted molar refractivity (Wildman–Crippen MR) is 124 cm³/mol. The molecule has 1 heterocycles. The molecule has 1 aromatic rings. The Hall–Kier alpha value is -0.453. The van der Waals surface area contributed by atoms with Crippen molar-refractivity contribution in [2.45, 2.75) is 57.3 Å². The van der Waals surface area contributed by atoms with E-state index in [4.69, 9.17) is 9.16 Å². The molecule has 6 nitrogen and oxygen atoms in total.